The van der Waals surface area contributed by atoms with E-state index in [-0.39, 0.29) is 5.56 Å². The number of imidazole rings is 1. The van der Waals surface area contributed by atoms with Gasteiger partial charge in [-0.1, -0.05) is 6.07 Å². The molecule has 4 nitrogen and oxygen atoms in total. The Balaban J connectivity index is 2.25. The summed E-state index contributed by atoms with van der Waals surface area (Å²) in [6.07, 6.45) is 1.73. The largest absolute Gasteiger partial charge is 0.478 e. The highest BCUT2D eigenvalue weighted by molar-refractivity contribution is 5.92. The number of benzene rings is 2. The Morgan fingerprint density at radius 3 is 2.45 bits per heavy atom. The van der Waals surface area contributed by atoms with Crippen LogP contribution >= 0.6 is 0 Å². The first kappa shape index (κ1) is 12.4. The van der Waals surface area contributed by atoms with Gasteiger partial charge in [0, 0.05) is 5.69 Å². The molecule has 0 amide bonds. The first-order chi connectivity index (χ1) is 9.54. The van der Waals surface area contributed by atoms with E-state index in [0.29, 0.717) is 0 Å². The molecule has 0 unspecified atom stereocenters. The minimum Gasteiger partial charge on any atom is -0.478 e. The molecule has 3 aromatic rings. The minimum absolute atomic E-state index is 0.267. The number of hydrogen-bond acceptors (Lipinski definition) is 2. The summed E-state index contributed by atoms with van der Waals surface area (Å²) in [5, 5.41) is 9.10. The van der Waals surface area contributed by atoms with E-state index in [4.69, 9.17) is 5.11 Å². The van der Waals surface area contributed by atoms with Gasteiger partial charge in [-0.15, -0.1) is 0 Å². The van der Waals surface area contributed by atoms with Crippen LogP contribution in [0.5, 0.6) is 0 Å². The number of carboxylic acid groups (broad SMARTS) is 1. The number of carboxylic acids is 1. The van der Waals surface area contributed by atoms with Gasteiger partial charge in [-0.2, -0.15) is 0 Å². The normalized spacial score (nSPS) is 10.9. The van der Waals surface area contributed by atoms with Gasteiger partial charge in [0.2, 0.25) is 0 Å². The van der Waals surface area contributed by atoms with Gasteiger partial charge >= 0.3 is 5.97 Å². The average molecular weight is 266 g/mol. The van der Waals surface area contributed by atoms with E-state index in [1.54, 1.807) is 24.5 Å². The van der Waals surface area contributed by atoms with E-state index in [0.717, 1.165) is 27.8 Å². The zero-order chi connectivity index (χ0) is 14.3. The number of aromatic carboxylic acids is 1. The Bertz CT molecular complexity index is 798. The van der Waals surface area contributed by atoms with Crippen LogP contribution in [-0.2, 0) is 0 Å². The summed E-state index contributed by atoms with van der Waals surface area (Å²) in [7, 11) is 0. The molecule has 2 aromatic carbocycles. The Morgan fingerprint density at radius 2 is 1.80 bits per heavy atom. The number of fused-ring (bicyclic) bond motifs is 1. The van der Waals surface area contributed by atoms with Crippen LogP contribution in [-0.4, -0.2) is 20.6 Å². The second kappa shape index (κ2) is 4.49. The molecule has 20 heavy (non-hydrogen) atoms. The average Bonchev–Trinajstić information content (AvgIpc) is 2.80. The molecule has 4 heteroatoms. The molecule has 0 aliphatic rings. The van der Waals surface area contributed by atoms with Crippen molar-refractivity contribution in [3.05, 3.63) is 59.4 Å². The van der Waals surface area contributed by atoms with Crippen LogP contribution in [0, 0.1) is 13.8 Å². The fourth-order valence-electron chi connectivity index (χ4n) is 2.44. The van der Waals surface area contributed by atoms with Gasteiger partial charge in [-0.3, -0.25) is 4.57 Å². The first-order valence-corrected chi connectivity index (χ1v) is 6.34. The Morgan fingerprint density at radius 1 is 1.10 bits per heavy atom. The van der Waals surface area contributed by atoms with Crippen molar-refractivity contribution in [2.75, 3.05) is 0 Å². The molecule has 0 radical (unpaired) electrons. The molecular weight excluding hydrogens is 252 g/mol. The Labute approximate surface area is 116 Å². The zero-order valence-electron chi connectivity index (χ0n) is 11.3. The van der Waals surface area contributed by atoms with Crippen LogP contribution in [0.15, 0.2) is 42.7 Å². The highest BCUT2D eigenvalue weighted by Gasteiger charge is 2.09. The van der Waals surface area contributed by atoms with Crippen molar-refractivity contribution in [3.8, 4) is 5.69 Å². The number of nitrogens with zero attached hydrogens (tertiary/aromatic N) is 2. The lowest BCUT2D eigenvalue weighted by Gasteiger charge is -2.07. The molecule has 1 aromatic heterocycles. The number of aryl methyl sites for hydroxylation is 2. The Kier molecular flexibility index (Phi) is 2.79. The fourth-order valence-corrected chi connectivity index (χ4v) is 2.44. The topological polar surface area (TPSA) is 55.1 Å². The fraction of sp³-hybridized carbons (Fsp3) is 0.125. The van der Waals surface area contributed by atoms with Crippen LogP contribution in [0.2, 0.25) is 0 Å². The maximum Gasteiger partial charge on any atom is 0.335 e. The first-order valence-electron chi connectivity index (χ1n) is 6.34. The second-order valence-corrected chi connectivity index (χ2v) is 4.97. The van der Waals surface area contributed by atoms with Crippen molar-refractivity contribution in [2.45, 2.75) is 13.8 Å². The van der Waals surface area contributed by atoms with E-state index in [1.165, 1.54) is 0 Å². The summed E-state index contributed by atoms with van der Waals surface area (Å²) in [5.41, 5.74) is 5.17. The lowest BCUT2D eigenvalue weighted by molar-refractivity contribution is 0.0697. The highest BCUT2D eigenvalue weighted by atomic mass is 16.4. The summed E-state index contributed by atoms with van der Waals surface area (Å²) in [4.78, 5) is 15.4. The molecule has 0 saturated heterocycles. The lowest BCUT2D eigenvalue weighted by Crippen LogP contribution is -1.98. The van der Waals surface area contributed by atoms with Gasteiger partial charge < -0.3 is 5.11 Å². The standard InChI is InChI=1S/C16H14N2O2/c1-10-5-11(2)7-13(6-10)18-9-17-14-4-3-12(16(19)20)8-15(14)18/h3-9H,1-2H3,(H,19,20). The monoisotopic (exact) mass is 266 g/mol. The van der Waals surface area contributed by atoms with Crippen molar-refractivity contribution >= 4 is 17.0 Å². The van der Waals surface area contributed by atoms with E-state index < -0.39 is 5.97 Å². The number of rotatable bonds is 2. The minimum atomic E-state index is -0.930. The SMILES string of the molecule is Cc1cc(C)cc(-n2cnc3ccc(C(=O)O)cc32)c1. The van der Waals surface area contributed by atoms with Crippen molar-refractivity contribution in [3.63, 3.8) is 0 Å². The second-order valence-electron chi connectivity index (χ2n) is 4.97. The molecule has 3 rings (SSSR count). The molecule has 0 aliphatic carbocycles. The van der Waals surface area contributed by atoms with Crippen LogP contribution < -0.4 is 0 Å². The van der Waals surface area contributed by atoms with Crippen LogP contribution in [0.4, 0.5) is 0 Å². The third kappa shape index (κ3) is 2.05. The Hall–Kier alpha value is -2.62. The predicted molar refractivity (Wildman–Crippen MR) is 77.5 cm³/mol. The van der Waals surface area contributed by atoms with Gasteiger partial charge in [-0.05, 0) is 55.3 Å². The van der Waals surface area contributed by atoms with Gasteiger partial charge in [-0.25, -0.2) is 9.78 Å². The number of carbonyl (C=O) groups is 1. The van der Waals surface area contributed by atoms with Gasteiger partial charge in [0.25, 0.3) is 0 Å². The molecule has 0 saturated carbocycles. The number of aromatic nitrogens is 2. The van der Waals surface area contributed by atoms with E-state index in [9.17, 15) is 4.79 Å². The van der Waals surface area contributed by atoms with Gasteiger partial charge in [0.15, 0.2) is 0 Å². The highest BCUT2D eigenvalue weighted by Crippen LogP contribution is 2.21. The van der Waals surface area contributed by atoms with E-state index >= 15 is 0 Å². The maximum absolute atomic E-state index is 11.1. The summed E-state index contributed by atoms with van der Waals surface area (Å²) < 4.78 is 1.92. The maximum atomic E-state index is 11.1. The molecule has 0 bridgehead atoms. The summed E-state index contributed by atoms with van der Waals surface area (Å²) >= 11 is 0. The van der Waals surface area contributed by atoms with Crippen molar-refractivity contribution in [2.24, 2.45) is 0 Å². The number of hydrogen-bond donors (Lipinski definition) is 1. The lowest BCUT2D eigenvalue weighted by atomic mass is 10.1. The smallest absolute Gasteiger partial charge is 0.335 e. The van der Waals surface area contributed by atoms with Crippen molar-refractivity contribution < 1.29 is 9.90 Å². The molecule has 0 atom stereocenters. The quantitative estimate of drug-likeness (QED) is 0.774. The molecule has 0 aliphatic heterocycles. The van der Waals surface area contributed by atoms with E-state index in [1.807, 2.05) is 18.4 Å². The van der Waals surface area contributed by atoms with Crippen LogP contribution in [0.3, 0.4) is 0 Å². The van der Waals surface area contributed by atoms with Crippen LogP contribution in [0.1, 0.15) is 21.5 Å². The zero-order valence-corrected chi connectivity index (χ0v) is 11.3. The predicted octanol–water partition coefficient (Wildman–Crippen LogP) is 3.34. The van der Waals surface area contributed by atoms with Gasteiger partial charge in [0.1, 0.15) is 6.33 Å². The molecule has 100 valence electrons. The molecule has 1 N–H and O–H groups in total. The molecule has 0 fully saturated rings. The molecule has 0 spiro atoms. The molecular formula is C16H14N2O2. The molecule has 1 heterocycles. The van der Waals surface area contributed by atoms with E-state index in [2.05, 4.69) is 23.2 Å². The van der Waals surface area contributed by atoms with Crippen molar-refractivity contribution in [1.29, 1.82) is 0 Å². The third-order valence-electron chi connectivity index (χ3n) is 3.28. The summed E-state index contributed by atoms with van der Waals surface area (Å²) in [6, 6.07) is 11.2. The van der Waals surface area contributed by atoms with Crippen LogP contribution in [0.25, 0.3) is 16.7 Å². The van der Waals surface area contributed by atoms with Crippen molar-refractivity contribution in [1.82, 2.24) is 9.55 Å². The summed E-state index contributed by atoms with van der Waals surface area (Å²) in [5.74, 6) is -0.930. The third-order valence-corrected chi connectivity index (χ3v) is 3.28. The summed E-state index contributed by atoms with van der Waals surface area (Å²) in [6.45, 7) is 4.08. The van der Waals surface area contributed by atoms with Gasteiger partial charge in [0.05, 0.1) is 16.6 Å².